The highest BCUT2D eigenvalue weighted by atomic mass is 16.5. The fraction of sp³-hybridized carbons (Fsp3) is 0.263. The quantitative estimate of drug-likeness (QED) is 0.716. The van der Waals surface area contributed by atoms with Crippen LogP contribution in [0, 0.1) is 0 Å². The van der Waals surface area contributed by atoms with Crippen LogP contribution in [0.5, 0.6) is 5.75 Å². The van der Waals surface area contributed by atoms with E-state index in [1.807, 2.05) is 54.6 Å². The third-order valence-electron chi connectivity index (χ3n) is 3.66. The van der Waals surface area contributed by atoms with E-state index in [0.717, 1.165) is 16.9 Å². The van der Waals surface area contributed by atoms with Crippen molar-refractivity contribution >= 4 is 11.9 Å². The number of esters is 1. The number of methoxy groups -OCH3 is 2. The number of carbonyl (C=O) groups excluding carboxylic acids is 2. The molecule has 0 aliphatic rings. The molecule has 0 radical (unpaired) electrons. The zero-order valence-corrected chi connectivity index (χ0v) is 14.3. The fourth-order valence-electron chi connectivity index (χ4n) is 2.34. The van der Waals surface area contributed by atoms with Crippen LogP contribution in [-0.4, -0.2) is 32.6 Å². The molecule has 2 N–H and O–H groups in total. The number of carbonyl (C=O) groups is 2. The maximum atomic E-state index is 12.1. The van der Waals surface area contributed by atoms with Gasteiger partial charge in [-0.2, -0.15) is 0 Å². The molecular weight excluding hydrogens is 320 g/mol. The summed E-state index contributed by atoms with van der Waals surface area (Å²) in [5, 5.41) is 5.74. The molecule has 0 aliphatic heterocycles. The van der Waals surface area contributed by atoms with Crippen molar-refractivity contribution in [3.8, 4) is 5.75 Å². The molecule has 0 aromatic heterocycles. The monoisotopic (exact) mass is 342 g/mol. The lowest BCUT2D eigenvalue weighted by Crippen LogP contribution is -2.38. The van der Waals surface area contributed by atoms with Gasteiger partial charge >= 0.3 is 5.97 Å². The summed E-state index contributed by atoms with van der Waals surface area (Å²) >= 11 is 0. The van der Waals surface area contributed by atoms with Crippen LogP contribution < -0.4 is 15.4 Å². The number of amides is 1. The minimum absolute atomic E-state index is 0.00136. The largest absolute Gasteiger partial charge is 0.497 e. The zero-order chi connectivity index (χ0) is 18.1. The van der Waals surface area contributed by atoms with Gasteiger partial charge in [0.15, 0.2) is 0 Å². The number of nitrogens with one attached hydrogen (secondary N) is 2. The fourth-order valence-corrected chi connectivity index (χ4v) is 2.34. The predicted molar refractivity (Wildman–Crippen MR) is 94.0 cm³/mol. The Labute approximate surface area is 147 Å². The van der Waals surface area contributed by atoms with Gasteiger partial charge in [-0.15, -0.1) is 0 Å². The number of rotatable bonds is 8. The molecule has 0 saturated carbocycles. The Morgan fingerprint density at radius 2 is 1.80 bits per heavy atom. The van der Waals surface area contributed by atoms with E-state index in [2.05, 4.69) is 10.6 Å². The summed E-state index contributed by atoms with van der Waals surface area (Å²) in [5.74, 6) is 0.0826. The molecule has 0 unspecified atom stereocenters. The molecule has 2 rings (SSSR count). The molecule has 6 heteroatoms. The smallest absolute Gasteiger partial charge is 0.327 e. The van der Waals surface area contributed by atoms with Gasteiger partial charge in [-0.05, 0) is 23.3 Å². The topological polar surface area (TPSA) is 76.7 Å². The second-order valence-electron chi connectivity index (χ2n) is 5.38. The van der Waals surface area contributed by atoms with Gasteiger partial charge in [0.05, 0.1) is 20.8 Å². The molecule has 132 valence electrons. The van der Waals surface area contributed by atoms with Gasteiger partial charge in [-0.3, -0.25) is 10.1 Å². The van der Waals surface area contributed by atoms with E-state index in [1.165, 1.54) is 7.11 Å². The molecule has 6 nitrogen and oxygen atoms in total. The highest BCUT2D eigenvalue weighted by molar-refractivity contribution is 5.81. The van der Waals surface area contributed by atoms with Crippen molar-refractivity contribution in [1.29, 1.82) is 0 Å². The maximum Gasteiger partial charge on any atom is 0.327 e. The molecule has 0 spiro atoms. The van der Waals surface area contributed by atoms with E-state index < -0.39 is 12.0 Å². The third kappa shape index (κ3) is 5.61. The first kappa shape index (κ1) is 18.5. The van der Waals surface area contributed by atoms with Gasteiger partial charge in [0.2, 0.25) is 5.91 Å². The van der Waals surface area contributed by atoms with Crippen molar-refractivity contribution in [3.05, 3.63) is 65.7 Å². The average Bonchev–Trinajstić information content (AvgIpc) is 2.67. The minimum Gasteiger partial charge on any atom is -0.497 e. The molecular formula is C19H22N2O4. The molecule has 0 bridgehead atoms. The van der Waals surface area contributed by atoms with Gasteiger partial charge in [-0.1, -0.05) is 42.5 Å². The Hall–Kier alpha value is -2.86. The number of ether oxygens (including phenoxy) is 2. The van der Waals surface area contributed by atoms with Crippen molar-refractivity contribution in [2.75, 3.05) is 20.8 Å². The van der Waals surface area contributed by atoms with Crippen LogP contribution >= 0.6 is 0 Å². The second kappa shape index (κ2) is 9.44. The second-order valence-corrected chi connectivity index (χ2v) is 5.38. The first-order chi connectivity index (χ1) is 12.1. The molecule has 25 heavy (non-hydrogen) atoms. The Morgan fingerprint density at radius 1 is 1.04 bits per heavy atom. The third-order valence-corrected chi connectivity index (χ3v) is 3.66. The molecule has 0 saturated heterocycles. The minimum atomic E-state index is -0.686. The summed E-state index contributed by atoms with van der Waals surface area (Å²) in [6.07, 6.45) is 0. The number of hydrogen-bond acceptors (Lipinski definition) is 5. The van der Waals surface area contributed by atoms with Crippen molar-refractivity contribution < 1.29 is 19.1 Å². The highest BCUT2D eigenvalue weighted by Gasteiger charge is 2.21. The van der Waals surface area contributed by atoms with Gasteiger partial charge in [0, 0.05) is 6.54 Å². The lowest BCUT2D eigenvalue weighted by molar-refractivity contribution is -0.143. The molecule has 2 aromatic rings. The SMILES string of the molecule is COC(=O)[C@H](NCC(=O)NCc1cccc(OC)c1)c1ccccc1. The van der Waals surface area contributed by atoms with Crippen LogP contribution in [0.2, 0.25) is 0 Å². The van der Waals surface area contributed by atoms with Crippen LogP contribution in [0.3, 0.4) is 0 Å². The Bertz CT molecular complexity index is 704. The molecule has 0 fully saturated rings. The van der Waals surface area contributed by atoms with Crippen LogP contribution in [0.1, 0.15) is 17.2 Å². The Balaban J connectivity index is 1.89. The van der Waals surface area contributed by atoms with Gasteiger partial charge in [-0.25, -0.2) is 4.79 Å². The normalized spacial score (nSPS) is 11.4. The number of hydrogen-bond donors (Lipinski definition) is 2. The first-order valence-corrected chi connectivity index (χ1v) is 7.90. The summed E-state index contributed by atoms with van der Waals surface area (Å²) in [7, 11) is 2.92. The molecule has 0 heterocycles. The predicted octanol–water partition coefficient (Wildman–Crippen LogP) is 1.82. The van der Waals surface area contributed by atoms with E-state index in [0.29, 0.717) is 6.54 Å². The van der Waals surface area contributed by atoms with Crippen LogP contribution in [-0.2, 0) is 20.9 Å². The lowest BCUT2D eigenvalue weighted by atomic mass is 10.1. The van der Waals surface area contributed by atoms with Gasteiger partial charge in [0.25, 0.3) is 0 Å². The van der Waals surface area contributed by atoms with Gasteiger partial charge in [0.1, 0.15) is 11.8 Å². The Kier molecular flexibility index (Phi) is 6.98. The summed E-state index contributed by atoms with van der Waals surface area (Å²) in [4.78, 5) is 24.0. The standard InChI is InChI=1S/C19H22N2O4/c1-24-16-10-6-7-14(11-16)12-20-17(22)13-21-18(19(23)25-2)15-8-4-3-5-9-15/h3-11,18,21H,12-13H2,1-2H3,(H,20,22)/t18-/m1/s1. The van der Waals surface area contributed by atoms with E-state index in [4.69, 9.17) is 9.47 Å². The Morgan fingerprint density at radius 3 is 2.48 bits per heavy atom. The summed E-state index contributed by atoms with van der Waals surface area (Å²) in [5.41, 5.74) is 1.68. The van der Waals surface area contributed by atoms with Crippen molar-refractivity contribution in [3.63, 3.8) is 0 Å². The molecule has 0 aliphatic carbocycles. The van der Waals surface area contributed by atoms with Crippen molar-refractivity contribution in [1.82, 2.24) is 10.6 Å². The highest BCUT2D eigenvalue weighted by Crippen LogP contribution is 2.14. The van der Waals surface area contributed by atoms with Crippen LogP contribution in [0.25, 0.3) is 0 Å². The maximum absolute atomic E-state index is 12.1. The van der Waals surface area contributed by atoms with Crippen LogP contribution in [0.15, 0.2) is 54.6 Å². The first-order valence-electron chi connectivity index (χ1n) is 7.90. The molecule has 2 aromatic carbocycles. The number of benzene rings is 2. The molecule has 1 amide bonds. The summed E-state index contributed by atoms with van der Waals surface area (Å²) < 4.78 is 9.96. The zero-order valence-electron chi connectivity index (χ0n) is 14.3. The van der Waals surface area contributed by atoms with Crippen molar-refractivity contribution in [2.45, 2.75) is 12.6 Å². The van der Waals surface area contributed by atoms with E-state index in [1.54, 1.807) is 7.11 Å². The average molecular weight is 342 g/mol. The summed E-state index contributed by atoms with van der Waals surface area (Å²) in [6, 6.07) is 15.9. The van der Waals surface area contributed by atoms with Crippen molar-refractivity contribution in [2.24, 2.45) is 0 Å². The van der Waals surface area contributed by atoms with E-state index in [-0.39, 0.29) is 12.5 Å². The van der Waals surface area contributed by atoms with E-state index >= 15 is 0 Å². The van der Waals surface area contributed by atoms with E-state index in [9.17, 15) is 9.59 Å². The molecule has 1 atom stereocenters. The summed E-state index contributed by atoms with van der Waals surface area (Å²) in [6.45, 7) is 0.380. The van der Waals surface area contributed by atoms with Gasteiger partial charge < -0.3 is 14.8 Å². The van der Waals surface area contributed by atoms with Crippen LogP contribution in [0.4, 0.5) is 0 Å². The lowest BCUT2D eigenvalue weighted by Gasteiger charge is -2.16.